The molecule has 0 unspecified atom stereocenters. The van der Waals surface area contributed by atoms with Crippen LogP contribution in [-0.2, 0) is 206 Å². The molecule has 0 aliphatic carbocycles. The van der Waals surface area contributed by atoms with Crippen molar-refractivity contribution in [3.8, 4) is 0 Å². The third-order valence-corrected chi connectivity index (χ3v) is 5.36. The van der Waals surface area contributed by atoms with Gasteiger partial charge in [0.05, 0.1) is 0 Å². The molecule has 0 radical (unpaired) electrons. The van der Waals surface area contributed by atoms with Gasteiger partial charge >= 0.3 is 146 Å². The minimum absolute atomic E-state index is 0. The van der Waals surface area contributed by atoms with E-state index in [0.29, 0.717) is 0 Å². The summed E-state index contributed by atoms with van der Waals surface area (Å²) in [4.78, 5) is 0. The van der Waals surface area contributed by atoms with Gasteiger partial charge in [0, 0.05) is 0 Å². The summed E-state index contributed by atoms with van der Waals surface area (Å²) in [5.41, 5.74) is 0. The molecule has 0 heterocycles. The fourth-order valence-electron chi connectivity index (χ4n) is 0.491. The number of hydrogen-bond acceptors (Lipinski definition) is 50. The summed E-state index contributed by atoms with van der Waals surface area (Å²) in [6.07, 6.45) is 0. The van der Waals surface area contributed by atoms with Crippen LogP contribution in [0.1, 0.15) is 0 Å². The van der Waals surface area contributed by atoms with Crippen molar-refractivity contribution >= 4 is 146 Å². The first kappa shape index (κ1) is 115. The van der Waals surface area contributed by atoms with Gasteiger partial charge in [0.1, 0.15) is 0 Å². The Kier molecular flexibility index (Phi) is 65.4. The Morgan fingerprint density at radius 3 is 0.154 bits per heavy atom. The molecule has 498 valence electrons. The molecule has 38 N–H and O–H groups in total. The molecule has 0 amide bonds. The topological polar surface area (TPSA) is 1170 Å². The lowest BCUT2D eigenvalue weighted by Gasteiger charge is -1.92. The minimum atomic E-state index is -5.02. The van der Waals surface area contributed by atoms with Crippen molar-refractivity contribution in [2.45, 2.75) is 0 Å². The molecule has 0 bridgehead atoms. The number of hydrogen-bond donors (Lipinski definition) is 22. The highest BCUT2D eigenvalue weighted by Gasteiger charge is 2.18. The van der Waals surface area contributed by atoms with Crippen LogP contribution in [0.25, 0.3) is 0 Å². The summed E-state index contributed by atoms with van der Waals surface area (Å²) in [5, 5.41) is 0. The van der Waals surface area contributed by atoms with E-state index >= 15 is 0 Å². The van der Waals surface area contributed by atoms with Crippen molar-refractivity contribution in [3.05, 3.63) is 0 Å². The summed E-state index contributed by atoms with van der Waals surface area (Å²) < 4.78 is 412. The van der Waals surface area contributed by atoms with Crippen molar-refractivity contribution in [1.82, 2.24) is 49.2 Å². The maximum atomic E-state index is 9.51. The second-order valence-electron chi connectivity index (χ2n) is 6.94. The van der Waals surface area contributed by atoms with Gasteiger partial charge in [-0.05, 0) is 0 Å². The van der Waals surface area contributed by atoms with Gasteiger partial charge < -0.3 is 49.2 Å². The fourth-order valence-corrected chi connectivity index (χ4v) is 4.42. The molecule has 0 spiro atoms. The Labute approximate surface area is 434 Å². The highest BCUT2D eigenvalue weighted by Crippen LogP contribution is 1.97. The molecule has 0 rings (SSSR count). The van der Waals surface area contributed by atoms with Crippen LogP contribution in [0.5, 0.6) is 0 Å². The number of rotatable bonds is 21. The van der Waals surface area contributed by atoms with E-state index in [0.717, 1.165) is 0 Å². The Balaban J connectivity index is -0.0000000449. The van der Waals surface area contributed by atoms with Crippen LogP contribution >= 0.6 is 0 Å². The van der Waals surface area contributed by atoms with Crippen molar-refractivity contribution in [1.29, 1.82) is 0 Å². The summed E-state index contributed by atoms with van der Waals surface area (Å²) >= 11 is 0. The first-order chi connectivity index (χ1) is 29.4. The molecule has 0 atom stereocenters. The average molecular weight is 1500 g/mol. The third-order valence-electron chi connectivity index (χ3n) is 1.40. The second kappa shape index (κ2) is 44.4. The molecule has 0 fully saturated rings. The smallest absolute Gasteiger partial charge is 0.344 e. The summed E-state index contributed by atoms with van der Waals surface area (Å²) in [6.45, 7) is 0. The molecule has 0 aliphatic rings. The molecular formula is H38N8O56S14. The average Bonchev–Trinajstić information content (AvgIpc) is 3.00. The quantitative estimate of drug-likeness (QED) is 0.0288. The van der Waals surface area contributed by atoms with Crippen LogP contribution in [0.15, 0.2) is 0 Å². The molecule has 0 saturated heterocycles. The molecule has 78 heteroatoms. The standard InChI is InChI=1S/8H3N.7H2O8S2/c;;;;;;;;7*1-9(2,3)7-8-10(4,5)6/h8*1H3;7*(H,1,2,3)(H,4,5,6). The van der Waals surface area contributed by atoms with Gasteiger partial charge in [-0.1, -0.05) is 60.7 Å². The van der Waals surface area contributed by atoms with Crippen LogP contribution in [0.3, 0.4) is 0 Å². The van der Waals surface area contributed by atoms with E-state index in [1.165, 1.54) is 0 Å². The van der Waals surface area contributed by atoms with Gasteiger partial charge in [-0.25, -0.2) is 0 Å². The van der Waals surface area contributed by atoms with E-state index in [4.69, 9.17) is 63.7 Å². The lowest BCUT2D eigenvalue weighted by Crippen LogP contribution is -2.10. The summed E-state index contributed by atoms with van der Waals surface area (Å²) in [5.74, 6) is 0. The predicted molar refractivity (Wildman–Crippen MR) is 217 cm³/mol. The zero-order valence-electron chi connectivity index (χ0n) is 34.8. The van der Waals surface area contributed by atoms with Crippen LogP contribution in [0.2, 0.25) is 0 Å². The molecule has 64 nitrogen and oxygen atoms in total. The minimum Gasteiger partial charge on any atom is -0.344 e. The highest BCUT2D eigenvalue weighted by molar-refractivity contribution is 7.85. The third kappa shape index (κ3) is 179. The van der Waals surface area contributed by atoms with Crippen LogP contribution in [-0.4, -0.2) is 182 Å². The van der Waals surface area contributed by atoms with Gasteiger partial charge in [0.2, 0.25) is 0 Å². The second-order valence-corrected chi connectivity index (χ2v) is 20.8. The van der Waals surface area contributed by atoms with E-state index in [9.17, 15) is 118 Å². The predicted octanol–water partition coefficient (Wildman–Crippen LogP) is -8.92. The Hall–Kier alpha value is -2.14. The molecule has 0 aromatic carbocycles. The van der Waals surface area contributed by atoms with Crippen LogP contribution < -0.4 is 49.2 Å². The molecular weight excluding hydrogens is 1460 g/mol. The van der Waals surface area contributed by atoms with Gasteiger partial charge in [-0.15, -0.1) is 0 Å². The van der Waals surface area contributed by atoms with E-state index in [-0.39, 0.29) is 49.2 Å². The highest BCUT2D eigenvalue weighted by atomic mass is 32.3. The SMILES string of the molecule is N.N.N.N.N.N.N.N.O=S(=O)(O)OOS(=O)(=O)O.O=S(=O)(O)OOS(=O)(=O)O.O=S(=O)(O)OOS(=O)(=O)O.O=S(=O)(O)OOS(=O)(=O)O.O=S(=O)(O)OOS(=O)(=O)O.O=S(=O)(O)OOS(=O)(=O)O.O=S(=O)(O)OOS(=O)(=O)O. The largest absolute Gasteiger partial charge is 0.425 e. The van der Waals surface area contributed by atoms with Crippen molar-refractivity contribution in [2.75, 3.05) is 0 Å². The first-order valence-electron chi connectivity index (χ1n) is 10.7. The lowest BCUT2D eigenvalue weighted by atomic mass is 14.0. The van der Waals surface area contributed by atoms with E-state index < -0.39 is 146 Å². The Bertz CT molecular complexity index is 2370. The normalized spacial score (nSPS) is 12.0. The zero-order chi connectivity index (χ0) is 58.9. The molecule has 0 aromatic rings. The maximum Gasteiger partial charge on any atom is 0.425 e. The van der Waals surface area contributed by atoms with Crippen LogP contribution in [0.4, 0.5) is 0 Å². The summed E-state index contributed by atoms with van der Waals surface area (Å²) in [7, 11) is -70.3. The van der Waals surface area contributed by atoms with Crippen molar-refractivity contribution in [3.63, 3.8) is 0 Å². The molecule has 0 aromatic heterocycles. The Morgan fingerprint density at radius 1 is 0.115 bits per heavy atom. The van der Waals surface area contributed by atoms with E-state index in [1.807, 2.05) is 0 Å². The van der Waals surface area contributed by atoms with E-state index in [1.54, 1.807) is 0 Å². The summed E-state index contributed by atoms with van der Waals surface area (Å²) in [6, 6.07) is 0. The van der Waals surface area contributed by atoms with Gasteiger partial charge in [-0.3, -0.25) is 63.7 Å². The molecule has 0 saturated carbocycles. The molecule has 0 aliphatic heterocycles. The van der Waals surface area contributed by atoms with Crippen molar-refractivity contribution in [2.24, 2.45) is 0 Å². The van der Waals surface area contributed by atoms with Gasteiger partial charge in [0.15, 0.2) is 0 Å². The fraction of sp³-hybridized carbons (Fsp3) is 0. The maximum absolute atomic E-state index is 9.51. The van der Waals surface area contributed by atoms with Crippen LogP contribution in [0, 0.1) is 0 Å². The zero-order valence-corrected chi connectivity index (χ0v) is 46.2. The lowest BCUT2D eigenvalue weighted by molar-refractivity contribution is -0.105. The first-order valence-corrected chi connectivity index (χ1v) is 29.8. The monoisotopic (exact) mass is 1490 g/mol. The van der Waals surface area contributed by atoms with Gasteiger partial charge in [0.25, 0.3) is 0 Å². The van der Waals surface area contributed by atoms with E-state index in [2.05, 4.69) is 60.7 Å². The van der Waals surface area contributed by atoms with Gasteiger partial charge in [-0.2, -0.15) is 118 Å². The van der Waals surface area contributed by atoms with Crippen molar-refractivity contribution < 1.29 is 242 Å². The molecule has 78 heavy (non-hydrogen) atoms. The Morgan fingerprint density at radius 2 is 0.141 bits per heavy atom.